The van der Waals surface area contributed by atoms with Gasteiger partial charge in [0.05, 0.1) is 0 Å². The van der Waals surface area contributed by atoms with Crippen LogP contribution in [0.4, 0.5) is 10.6 Å². The van der Waals surface area contributed by atoms with E-state index in [-0.39, 0.29) is 12.0 Å². The van der Waals surface area contributed by atoms with Crippen molar-refractivity contribution in [2.24, 2.45) is 0 Å². The third kappa shape index (κ3) is 6.03. The van der Waals surface area contributed by atoms with Crippen LogP contribution in [0.15, 0.2) is 84.8 Å². The van der Waals surface area contributed by atoms with Crippen LogP contribution < -0.4 is 10.1 Å². The lowest BCUT2D eigenvalue weighted by molar-refractivity contribution is 0.207. The number of aromatic nitrogens is 4. The van der Waals surface area contributed by atoms with Gasteiger partial charge in [-0.15, -0.1) is 5.10 Å². The molecule has 9 heteroatoms. The van der Waals surface area contributed by atoms with Crippen molar-refractivity contribution in [2.75, 3.05) is 18.4 Å². The van der Waals surface area contributed by atoms with Crippen molar-refractivity contribution in [1.82, 2.24) is 25.1 Å². The molecule has 3 heterocycles. The highest BCUT2D eigenvalue weighted by atomic mass is 35.5. The van der Waals surface area contributed by atoms with E-state index in [1.165, 1.54) is 5.57 Å². The fraction of sp³-hybridized carbons (Fsp3) is 0.148. The lowest BCUT2D eigenvalue weighted by Gasteiger charge is -2.28. The summed E-state index contributed by atoms with van der Waals surface area (Å²) in [5, 5.41) is 11.1. The van der Waals surface area contributed by atoms with Crippen LogP contribution in [0.1, 0.15) is 18.4 Å². The van der Waals surface area contributed by atoms with Crippen LogP contribution in [0.5, 0.6) is 11.8 Å². The fourth-order valence-electron chi connectivity index (χ4n) is 3.89. The van der Waals surface area contributed by atoms with E-state index in [9.17, 15) is 4.79 Å². The third-order valence-electron chi connectivity index (χ3n) is 5.72. The maximum atomic E-state index is 12.5. The molecule has 4 aromatic rings. The minimum absolute atomic E-state index is 0.161. The zero-order chi connectivity index (χ0) is 24.7. The number of carbonyl (C=O) groups excluding carboxylic acids is 1. The Morgan fingerprint density at radius 2 is 1.78 bits per heavy atom. The fourth-order valence-corrected chi connectivity index (χ4v) is 4.08. The highest BCUT2D eigenvalue weighted by Crippen LogP contribution is 2.26. The summed E-state index contributed by atoms with van der Waals surface area (Å²) >= 11 is 6.07. The third-order valence-corrected chi connectivity index (χ3v) is 5.96. The van der Waals surface area contributed by atoms with E-state index in [1.807, 2.05) is 48.5 Å². The summed E-state index contributed by atoms with van der Waals surface area (Å²) in [5.41, 5.74) is 4.10. The SMILES string of the molecule is O=C(Nc1cccnn1)N1CCC(=Cc2cccc(Oc3ncc(-c4cccc(Cl)c4)cn3)c2)CC1. The van der Waals surface area contributed by atoms with E-state index < -0.39 is 0 Å². The highest BCUT2D eigenvalue weighted by Gasteiger charge is 2.19. The van der Waals surface area contributed by atoms with Gasteiger partial charge in [0, 0.05) is 42.3 Å². The molecule has 1 saturated heterocycles. The number of nitrogens with one attached hydrogen (secondary N) is 1. The summed E-state index contributed by atoms with van der Waals surface area (Å²) in [6.45, 7) is 1.28. The van der Waals surface area contributed by atoms with Gasteiger partial charge in [-0.1, -0.05) is 47.5 Å². The number of benzene rings is 2. The van der Waals surface area contributed by atoms with Gasteiger partial charge in [-0.05, 0) is 60.4 Å². The molecule has 1 N–H and O–H groups in total. The molecule has 0 saturated carbocycles. The predicted octanol–water partition coefficient (Wildman–Crippen LogP) is 6.09. The number of hydrogen-bond donors (Lipinski definition) is 1. The van der Waals surface area contributed by atoms with E-state index in [1.54, 1.807) is 35.6 Å². The highest BCUT2D eigenvalue weighted by molar-refractivity contribution is 6.30. The van der Waals surface area contributed by atoms with E-state index in [0.717, 1.165) is 29.5 Å². The summed E-state index contributed by atoms with van der Waals surface area (Å²) in [4.78, 5) is 22.9. The van der Waals surface area contributed by atoms with Gasteiger partial charge in [-0.25, -0.2) is 14.8 Å². The molecule has 0 spiro atoms. The second-order valence-corrected chi connectivity index (χ2v) is 8.70. The van der Waals surface area contributed by atoms with Crippen LogP contribution in [-0.2, 0) is 0 Å². The largest absolute Gasteiger partial charge is 0.424 e. The molecule has 1 aliphatic rings. The number of urea groups is 1. The number of halogens is 1. The Morgan fingerprint density at radius 3 is 2.53 bits per heavy atom. The quantitative estimate of drug-likeness (QED) is 0.358. The van der Waals surface area contributed by atoms with Gasteiger partial charge >= 0.3 is 12.0 Å². The first-order valence-corrected chi connectivity index (χ1v) is 11.9. The number of likely N-dealkylation sites (tertiary alicyclic amines) is 1. The number of rotatable bonds is 5. The molecule has 1 aliphatic heterocycles. The Labute approximate surface area is 213 Å². The average Bonchev–Trinajstić information content (AvgIpc) is 2.90. The van der Waals surface area contributed by atoms with E-state index in [0.29, 0.717) is 29.7 Å². The number of anilines is 1. The molecule has 0 radical (unpaired) electrons. The van der Waals surface area contributed by atoms with Crippen LogP contribution in [0.25, 0.3) is 17.2 Å². The van der Waals surface area contributed by atoms with Crippen LogP contribution in [0.3, 0.4) is 0 Å². The topological polar surface area (TPSA) is 93.1 Å². The maximum Gasteiger partial charge on any atom is 0.323 e. The Balaban J connectivity index is 1.18. The predicted molar refractivity (Wildman–Crippen MR) is 139 cm³/mol. The standard InChI is InChI=1S/C27H23ClN6O2/c28-23-6-2-5-21(16-23)22-17-29-26(30-18-22)36-24-7-1-4-20(15-24)14-19-9-12-34(13-10-19)27(35)32-25-8-3-11-31-33-25/h1-8,11,14-18H,9-10,12-13H2,(H,32,33,35). The first-order valence-electron chi connectivity index (χ1n) is 11.5. The normalized spacial score (nSPS) is 13.2. The molecule has 180 valence electrons. The van der Waals surface area contributed by atoms with Gasteiger partial charge in [0.2, 0.25) is 0 Å². The molecular weight excluding hydrogens is 476 g/mol. The van der Waals surface area contributed by atoms with Crippen molar-refractivity contribution in [3.05, 3.63) is 95.4 Å². The van der Waals surface area contributed by atoms with Crippen molar-refractivity contribution in [1.29, 1.82) is 0 Å². The average molecular weight is 499 g/mol. The van der Waals surface area contributed by atoms with Crippen molar-refractivity contribution >= 4 is 29.5 Å². The molecule has 2 aromatic carbocycles. The molecule has 0 unspecified atom stereocenters. The van der Waals surface area contributed by atoms with Crippen LogP contribution in [-0.4, -0.2) is 44.2 Å². The van der Waals surface area contributed by atoms with Crippen molar-refractivity contribution in [2.45, 2.75) is 12.8 Å². The van der Waals surface area contributed by atoms with Crippen LogP contribution in [0, 0.1) is 0 Å². The molecule has 0 atom stereocenters. The summed E-state index contributed by atoms with van der Waals surface area (Å²) in [5.74, 6) is 1.10. The summed E-state index contributed by atoms with van der Waals surface area (Å²) in [6.07, 6.45) is 8.75. The minimum Gasteiger partial charge on any atom is -0.424 e. The lowest BCUT2D eigenvalue weighted by atomic mass is 10.0. The smallest absolute Gasteiger partial charge is 0.323 e. The van der Waals surface area contributed by atoms with Crippen molar-refractivity contribution < 1.29 is 9.53 Å². The van der Waals surface area contributed by atoms with Gasteiger partial charge in [0.25, 0.3) is 0 Å². The number of carbonyl (C=O) groups is 1. The molecule has 36 heavy (non-hydrogen) atoms. The molecule has 0 bridgehead atoms. The zero-order valence-corrected chi connectivity index (χ0v) is 20.1. The van der Waals surface area contributed by atoms with Gasteiger partial charge in [-0.3, -0.25) is 5.32 Å². The monoisotopic (exact) mass is 498 g/mol. The molecule has 5 rings (SSSR count). The Bertz CT molecular complexity index is 1370. The van der Waals surface area contributed by atoms with E-state index in [2.05, 4.69) is 31.6 Å². The Kier molecular flexibility index (Phi) is 7.14. The van der Waals surface area contributed by atoms with Crippen LogP contribution in [0.2, 0.25) is 5.02 Å². The lowest BCUT2D eigenvalue weighted by Crippen LogP contribution is -2.39. The van der Waals surface area contributed by atoms with Gasteiger partial charge in [0.1, 0.15) is 5.75 Å². The minimum atomic E-state index is -0.161. The second kappa shape index (κ2) is 11.0. The molecular formula is C27H23ClN6O2. The molecule has 1 fully saturated rings. The summed E-state index contributed by atoms with van der Waals surface area (Å²) < 4.78 is 5.88. The summed E-state index contributed by atoms with van der Waals surface area (Å²) in [6, 6.07) is 18.9. The van der Waals surface area contributed by atoms with E-state index >= 15 is 0 Å². The number of amides is 2. The summed E-state index contributed by atoms with van der Waals surface area (Å²) in [7, 11) is 0. The van der Waals surface area contributed by atoms with Gasteiger partial charge in [-0.2, -0.15) is 5.10 Å². The molecule has 2 amide bonds. The second-order valence-electron chi connectivity index (χ2n) is 8.27. The van der Waals surface area contributed by atoms with Crippen molar-refractivity contribution in [3.63, 3.8) is 0 Å². The Hall–Kier alpha value is -4.30. The first kappa shape index (κ1) is 23.4. The number of hydrogen-bond acceptors (Lipinski definition) is 6. The number of ether oxygens (including phenoxy) is 1. The Morgan fingerprint density at radius 1 is 0.972 bits per heavy atom. The first-order chi connectivity index (χ1) is 17.6. The number of nitrogens with zero attached hydrogens (tertiary/aromatic N) is 5. The van der Waals surface area contributed by atoms with Gasteiger partial charge in [0.15, 0.2) is 5.82 Å². The van der Waals surface area contributed by atoms with E-state index in [4.69, 9.17) is 16.3 Å². The molecule has 0 aliphatic carbocycles. The zero-order valence-electron chi connectivity index (χ0n) is 19.3. The number of piperidine rings is 1. The molecule has 2 aromatic heterocycles. The van der Waals surface area contributed by atoms with Gasteiger partial charge < -0.3 is 9.64 Å². The van der Waals surface area contributed by atoms with Crippen LogP contribution >= 0.6 is 11.6 Å². The van der Waals surface area contributed by atoms with Crippen molar-refractivity contribution in [3.8, 4) is 22.9 Å². The maximum absolute atomic E-state index is 12.5. The molecule has 8 nitrogen and oxygen atoms in total.